The van der Waals surface area contributed by atoms with Crippen LogP contribution in [0.15, 0.2) is 72.9 Å². The Hall–Kier alpha value is -3.94. The SMILES string of the molecule is O=C(Oc1ccc(Oc2ccccn2)cc1)C1CCN(c2ccccc2[N+](=O)[O-])CC1. The average Bonchev–Trinajstić information content (AvgIpc) is 2.81. The van der Waals surface area contributed by atoms with Crippen LogP contribution in [0.5, 0.6) is 17.4 Å². The highest BCUT2D eigenvalue weighted by atomic mass is 16.6. The number of para-hydroxylation sites is 2. The molecule has 158 valence electrons. The van der Waals surface area contributed by atoms with Crippen LogP contribution in [-0.4, -0.2) is 29.0 Å². The molecule has 0 N–H and O–H groups in total. The summed E-state index contributed by atoms with van der Waals surface area (Å²) in [4.78, 5) is 29.5. The lowest BCUT2D eigenvalue weighted by Gasteiger charge is -2.32. The molecular formula is C23H21N3O5. The normalized spacial score (nSPS) is 14.1. The fourth-order valence-corrected chi connectivity index (χ4v) is 3.55. The van der Waals surface area contributed by atoms with Crippen molar-refractivity contribution in [2.24, 2.45) is 5.92 Å². The van der Waals surface area contributed by atoms with Crippen molar-refractivity contribution in [3.63, 3.8) is 0 Å². The molecule has 8 heteroatoms. The predicted molar refractivity (Wildman–Crippen MR) is 114 cm³/mol. The molecule has 2 aromatic carbocycles. The van der Waals surface area contributed by atoms with Crippen LogP contribution in [0.4, 0.5) is 11.4 Å². The van der Waals surface area contributed by atoms with E-state index in [1.165, 1.54) is 6.07 Å². The zero-order valence-corrected chi connectivity index (χ0v) is 16.7. The number of hydrogen-bond donors (Lipinski definition) is 0. The second-order valence-electron chi connectivity index (χ2n) is 7.17. The molecule has 8 nitrogen and oxygen atoms in total. The van der Waals surface area contributed by atoms with Crippen LogP contribution in [0, 0.1) is 16.0 Å². The van der Waals surface area contributed by atoms with E-state index in [0.29, 0.717) is 49.0 Å². The number of anilines is 1. The van der Waals surface area contributed by atoms with Gasteiger partial charge in [0, 0.05) is 31.4 Å². The Balaban J connectivity index is 1.32. The maximum absolute atomic E-state index is 12.6. The Bertz CT molecular complexity index is 1050. The van der Waals surface area contributed by atoms with Gasteiger partial charge in [-0.05, 0) is 49.2 Å². The van der Waals surface area contributed by atoms with Gasteiger partial charge in [-0.25, -0.2) is 4.98 Å². The first-order chi connectivity index (χ1) is 15.1. The molecule has 1 aliphatic heterocycles. The largest absolute Gasteiger partial charge is 0.439 e. The molecule has 0 spiro atoms. The van der Waals surface area contributed by atoms with Gasteiger partial charge in [-0.15, -0.1) is 0 Å². The van der Waals surface area contributed by atoms with E-state index in [1.54, 1.807) is 60.8 Å². The number of hydrogen-bond acceptors (Lipinski definition) is 7. The van der Waals surface area contributed by atoms with Gasteiger partial charge in [0.1, 0.15) is 17.2 Å². The molecule has 4 rings (SSSR count). The molecule has 0 saturated carbocycles. The van der Waals surface area contributed by atoms with Crippen LogP contribution < -0.4 is 14.4 Å². The van der Waals surface area contributed by atoms with Gasteiger partial charge in [-0.1, -0.05) is 18.2 Å². The molecule has 1 fully saturated rings. The summed E-state index contributed by atoms with van der Waals surface area (Å²) in [6, 6.07) is 18.9. The van der Waals surface area contributed by atoms with E-state index in [1.807, 2.05) is 11.0 Å². The first-order valence-corrected chi connectivity index (χ1v) is 9.99. The molecule has 0 bridgehead atoms. The van der Waals surface area contributed by atoms with E-state index in [0.717, 1.165) is 0 Å². The Kier molecular flexibility index (Phi) is 6.07. The Morgan fingerprint density at radius 1 is 0.968 bits per heavy atom. The second kappa shape index (κ2) is 9.25. The number of piperidine rings is 1. The summed E-state index contributed by atoms with van der Waals surface area (Å²) in [5.41, 5.74) is 0.666. The van der Waals surface area contributed by atoms with Crippen LogP contribution >= 0.6 is 0 Å². The fourth-order valence-electron chi connectivity index (χ4n) is 3.55. The summed E-state index contributed by atoms with van der Waals surface area (Å²) in [6.07, 6.45) is 2.80. The highest BCUT2D eigenvalue weighted by Crippen LogP contribution is 2.32. The summed E-state index contributed by atoms with van der Waals surface area (Å²) >= 11 is 0. The number of nitro groups is 1. The van der Waals surface area contributed by atoms with E-state index < -0.39 is 0 Å². The quantitative estimate of drug-likeness (QED) is 0.249. The van der Waals surface area contributed by atoms with Gasteiger partial charge in [0.2, 0.25) is 5.88 Å². The number of esters is 1. The molecule has 0 amide bonds. The topological polar surface area (TPSA) is 94.8 Å². The lowest BCUT2D eigenvalue weighted by Crippen LogP contribution is -2.37. The number of carbonyl (C=O) groups is 1. The van der Waals surface area contributed by atoms with Gasteiger partial charge in [0.25, 0.3) is 5.69 Å². The number of pyridine rings is 1. The third kappa shape index (κ3) is 4.98. The minimum atomic E-state index is -0.378. The molecule has 1 aromatic heterocycles. The smallest absolute Gasteiger partial charge is 0.314 e. The van der Waals surface area contributed by atoms with E-state index in [2.05, 4.69) is 4.98 Å². The van der Waals surface area contributed by atoms with Gasteiger partial charge in [0.15, 0.2) is 0 Å². The summed E-state index contributed by atoms with van der Waals surface area (Å²) in [7, 11) is 0. The Morgan fingerprint density at radius 2 is 1.65 bits per heavy atom. The molecule has 0 radical (unpaired) electrons. The first kappa shape index (κ1) is 20.3. The first-order valence-electron chi connectivity index (χ1n) is 9.99. The van der Waals surface area contributed by atoms with Gasteiger partial charge >= 0.3 is 5.97 Å². The number of benzene rings is 2. The van der Waals surface area contributed by atoms with Gasteiger partial charge in [-0.3, -0.25) is 14.9 Å². The van der Waals surface area contributed by atoms with Gasteiger partial charge < -0.3 is 14.4 Å². The number of rotatable bonds is 6. The van der Waals surface area contributed by atoms with Crippen molar-refractivity contribution in [1.29, 1.82) is 0 Å². The molecule has 31 heavy (non-hydrogen) atoms. The molecule has 1 saturated heterocycles. The molecule has 1 aliphatic rings. The van der Waals surface area contributed by atoms with Gasteiger partial charge in [-0.2, -0.15) is 0 Å². The number of ether oxygens (including phenoxy) is 2. The lowest BCUT2D eigenvalue weighted by molar-refractivity contribution is -0.384. The van der Waals surface area contributed by atoms with Crippen molar-refractivity contribution in [1.82, 2.24) is 4.98 Å². The third-order valence-corrected chi connectivity index (χ3v) is 5.15. The maximum Gasteiger partial charge on any atom is 0.314 e. The van der Waals surface area contributed by atoms with Crippen LogP contribution in [-0.2, 0) is 4.79 Å². The summed E-state index contributed by atoms with van der Waals surface area (Å²) < 4.78 is 11.2. The molecule has 2 heterocycles. The summed E-state index contributed by atoms with van der Waals surface area (Å²) in [6.45, 7) is 1.11. The van der Waals surface area contributed by atoms with Crippen molar-refractivity contribution in [2.45, 2.75) is 12.8 Å². The highest BCUT2D eigenvalue weighted by molar-refractivity contribution is 5.76. The van der Waals surface area contributed by atoms with E-state index in [9.17, 15) is 14.9 Å². The number of carbonyl (C=O) groups excluding carboxylic acids is 1. The monoisotopic (exact) mass is 419 g/mol. The predicted octanol–water partition coefficient (Wildman–Crippen LogP) is 4.60. The van der Waals surface area contributed by atoms with Crippen LogP contribution in [0.25, 0.3) is 0 Å². The lowest BCUT2D eigenvalue weighted by atomic mass is 9.96. The average molecular weight is 419 g/mol. The van der Waals surface area contributed by atoms with Crippen molar-refractivity contribution in [2.75, 3.05) is 18.0 Å². The van der Waals surface area contributed by atoms with Crippen LogP contribution in [0.2, 0.25) is 0 Å². The number of nitro benzene ring substituents is 1. The van der Waals surface area contributed by atoms with E-state index in [-0.39, 0.29) is 22.5 Å². The zero-order valence-electron chi connectivity index (χ0n) is 16.7. The van der Waals surface area contributed by atoms with Crippen LogP contribution in [0.1, 0.15) is 12.8 Å². The minimum Gasteiger partial charge on any atom is -0.439 e. The van der Waals surface area contributed by atoms with Crippen molar-refractivity contribution in [3.8, 4) is 17.4 Å². The van der Waals surface area contributed by atoms with Gasteiger partial charge in [0.05, 0.1) is 10.8 Å². The fraction of sp³-hybridized carbons (Fsp3) is 0.217. The molecule has 3 aromatic rings. The van der Waals surface area contributed by atoms with Crippen molar-refractivity contribution in [3.05, 3.63) is 83.0 Å². The molecule has 0 unspecified atom stereocenters. The number of nitrogens with zero attached hydrogens (tertiary/aromatic N) is 3. The Morgan fingerprint density at radius 3 is 2.32 bits per heavy atom. The van der Waals surface area contributed by atoms with Crippen molar-refractivity contribution >= 4 is 17.3 Å². The minimum absolute atomic E-state index is 0.0801. The summed E-state index contributed by atoms with van der Waals surface area (Å²) in [5, 5.41) is 11.3. The van der Waals surface area contributed by atoms with Crippen LogP contribution in [0.3, 0.4) is 0 Å². The standard InChI is InChI=1S/C23H21N3O5/c27-23(31-19-10-8-18(9-11-19)30-22-7-3-4-14-24-22)17-12-15-25(16-13-17)20-5-1-2-6-21(20)26(28)29/h1-11,14,17H,12-13,15-16H2. The summed E-state index contributed by atoms with van der Waals surface area (Å²) in [5.74, 6) is 0.984. The maximum atomic E-state index is 12.6. The number of aromatic nitrogens is 1. The Labute approximate surface area is 179 Å². The second-order valence-corrected chi connectivity index (χ2v) is 7.17. The highest BCUT2D eigenvalue weighted by Gasteiger charge is 2.29. The van der Waals surface area contributed by atoms with Crippen molar-refractivity contribution < 1.29 is 19.2 Å². The molecular weight excluding hydrogens is 398 g/mol. The molecule has 0 atom stereocenters. The molecule has 0 aliphatic carbocycles. The van der Waals surface area contributed by atoms with E-state index >= 15 is 0 Å². The third-order valence-electron chi connectivity index (χ3n) is 5.15. The van der Waals surface area contributed by atoms with E-state index in [4.69, 9.17) is 9.47 Å². The zero-order chi connectivity index (χ0) is 21.6.